The molecular formula is C16H20N4O2. The van der Waals surface area contributed by atoms with E-state index in [1.165, 1.54) is 0 Å². The van der Waals surface area contributed by atoms with Crippen molar-refractivity contribution in [2.45, 2.75) is 13.5 Å². The summed E-state index contributed by atoms with van der Waals surface area (Å²) in [5.41, 5.74) is 2.10. The smallest absolute Gasteiger partial charge is 0.254 e. The second-order valence-corrected chi connectivity index (χ2v) is 5.10. The number of hydrogen-bond donors (Lipinski definition) is 1. The Morgan fingerprint density at radius 1 is 1.36 bits per heavy atom. The fourth-order valence-electron chi connectivity index (χ4n) is 1.95. The first-order valence-electron chi connectivity index (χ1n) is 6.93. The number of anilines is 1. The average Bonchev–Trinajstić information content (AvgIpc) is 2.52. The van der Waals surface area contributed by atoms with E-state index in [1.807, 2.05) is 38.4 Å². The Bertz CT molecular complexity index is 671. The Hall–Kier alpha value is -2.63. The summed E-state index contributed by atoms with van der Waals surface area (Å²) in [4.78, 5) is 22.5. The number of aryl methyl sites for hydroxylation is 1. The van der Waals surface area contributed by atoms with Gasteiger partial charge in [0.25, 0.3) is 5.91 Å². The lowest BCUT2D eigenvalue weighted by Gasteiger charge is -2.12. The molecule has 2 rings (SSSR count). The van der Waals surface area contributed by atoms with E-state index in [0.29, 0.717) is 23.8 Å². The number of methoxy groups -OCH3 is 1. The number of ether oxygens (including phenoxy) is 1. The second kappa shape index (κ2) is 6.89. The zero-order valence-corrected chi connectivity index (χ0v) is 13.3. The third kappa shape index (κ3) is 3.72. The van der Waals surface area contributed by atoms with Gasteiger partial charge in [0.05, 0.1) is 18.4 Å². The van der Waals surface area contributed by atoms with Gasteiger partial charge < -0.3 is 15.0 Å². The summed E-state index contributed by atoms with van der Waals surface area (Å²) >= 11 is 0. The van der Waals surface area contributed by atoms with Crippen molar-refractivity contribution in [2.75, 3.05) is 26.1 Å². The first-order chi connectivity index (χ1) is 10.5. The Morgan fingerprint density at radius 2 is 2.14 bits per heavy atom. The van der Waals surface area contributed by atoms with Crippen molar-refractivity contribution < 1.29 is 9.53 Å². The van der Waals surface area contributed by atoms with Gasteiger partial charge in [-0.2, -0.15) is 0 Å². The molecule has 0 bridgehead atoms. The van der Waals surface area contributed by atoms with Crippen molar-refractivity contribution in [1.82, 2.24) is 15.3 Å². The molecule has 0 unspecified atom stereocenters. The minimum atomic E-state index is -0.189. The van der Waals surface area contributed by atoms with Gasteiger partial charge in [-0.3, -0.25) is 4.79 Å². The molecular weight excluding hydrogens is 280 g/mol. The van der Waals surface area contributed by atoms with Crippen LogP contribution in [0.4, 0.5) is 5.95 Å². The van der Waals surface area contributed by atoms with Gasteiger partial charge >= 0.3 is 0 Å². The van der Waals surface area contributed by atoms with Crippen molar-refractivity contribution in [3.05, 3.63) is 47.3 Å². The fourth-order valence-corrected chi connectivity index (χ4v) is 1.95. The molecule has 0 saturated carbocycles. The van der Waals surface area contributed by atoms with Gasteiger partial charge in [-0.25, -0.2) is 9.97 Å². The number of nitrogens with one attached hydrogen (secondary N) is 1. The van der Waals surface area contributed by atoms with Gasteiger partial charge in [0, 0.05) is 26.8 Å². The molecule has 116 valence electrons. The third-order valence-corrected chi connectivity index (χ3v) is 3.20. The van der Waals surface area contributed by atoms with Crippen molar-refractivity contribution >= 4 is 11.9 Å². The highest BCUT2D eigenvalue weighted by Crippen LogP contribution is 2.13. The Kier molecular flexibility index (Phi) is 4.93. The summed E-state index contributed by atoms with van der Waals surface area (Å²) in [6.07, 6.45) is 1.55. The summed E-state index contributed by atoms with van der Waals surface area (Å²) in [7, 11) is 5.33. The van der Waals surface area contributed by atoms with Crippen LogP contribution in [0.5, 0.6) is 5.75 Å². The van der Waals surface area contributed by atoms with Gasteiger partial charge in [0.2, 0.25) is 5.95 Å². The minimum Gasteiger partial charge on any atom is -0.497 e. The van der Waals surface area contributed by atoms with Crippen LogP contribution in [-0.4, -0.2) is 37.1 Å². The van der Waals surface area contributed by atoms with Crippen LogP contribution >= 0.6 is 0 Å². The summed E-state index contributed by atoms with van der Waals surface area (Å²) in [5.74, 6) is 1.16. The first-order valence-corrected chi connectivity index (χ1v) is 6.93. The van der Waals surface area contributed by atoms with E-state index >= 15 is 0 Å². The van der Waals surface area contributed by atoms with Crippen LogP contribution in [0.25, 0.3) is 0 Å². The quantitative estimate of drug-likeness (QED) is 0.912. The molecule has 0 saturated heterocycles. The summed E-state index contributed by atoms with van der Waals surface area (Å²) in [6.45, 7) is 2.22. The van der Waals surface area contributed by atoms with Crippen LogP contribution in [0.3, 0.4) is 0 Å². The number of carbonyl (C=O) groups excluding carboxylic acids is 1. The molecule has 0 radical (unpaired) electrons. The van der Waals surface area contributed by atoms with Crippen LogP contribution in [0.2, 0.25) is 0 Å². The Balaban J connectivity index is 2.06. The summed E-state index contributed by atoms with van der Waals surface area (Å²) in [5, 5.41) is 2.87. The van der Waals surface area contributed by atoms with Crippen LogP contribution in [0.15, 0.2) is 30.5 Å². The van der Waals surface area contributed by atoms with Crippen LogP contribution in [-0.2, 0) is 6.54 Å². The maximum atomic E-state index is 12.2. The van der Waals surface area contributed by atoms with E-state index in [9.17, 15) is 4.79 Å². The highest BCUT2D eigenvalue weighted by molar-refractivity contribution is 5.94. The van der Waals surface area contributed by atoms with Crippen molar-refractivity contribution in [3.8, 4) is 5.75 Å². The van der Waals surface area contributed by atoms with Crippen molar-refractivity contribution in [1.29, 1.82) is 0 Å². The van der Waals surface area contributed by atoms with E-state index in [2.05, 4.69) is 15.3 Å². The zero-order valence-electron chi connectivity index (χ0n) is 13.3. The molecule has 22 heavy (non-hydrogen) atoms. The number of hydrogen-bond acceptors (Lipinski definition) is 5. The van der Waals surface area contributed by atoms with Gasteiger partial charge in [0.15, 0.2) is 0 Å². The van der Waals surface area contributed by atoms with Gasteiger partial charge in [-0.15, -0.1) is 0 Å². The van der Waals surface area contributed by atoms with Crippen LogP contribution in [0.1, 0.15) is 21.6 Å². The average molecular weight is 300 g/mol. The summed E-state index contributed by atoms with van der Waals surface area (Å²) < 4.78 is 5.16. The number of nitrogens with zero attached hydrogens (tertiary/aromatic N) is 3. The number of carbonyl (C=O) groups is 1. The van der Waals surface area contributed by atoms with E-state index in [0.717, 1.165) is 11.3 Å². The van der Waals surface area contributed by atoms with Crippen LogP contribution in [0, 0.1) is 6.92 Å². The maximum absolute atomic E-state index is 12.2. The molecule has 1 aromatic heterocycles. The fraction of sp³-hybridized carbons (Fsp3) is 0.312. The topological polar surface area (TPSA) is 67.3 Å². The Labute approximate surface area is 130 Å². The first kappa shape index (κ1) is 15.8. The molecule has 0 fully saturated rings. The number of benzene rings is 1. The molecule has 0 aliphatic heterocycles. The number of aromatic nitrogens is 2. The zero-order chi connectivity index (χ0) is 16.1. The molecule has 1 amide bonds. The molecule has 6 heteroatoms. The van der Waals surface area contributed by atoms with Crippen LogP contribution < -0.4 is 15.0 Å². The molecule has 0 aliphatic carbocycles. The largest absolute Gasteiger partial charge is 0.497 e. The molecule has 0 atom stereocenters. The molecule has 1 heterocycles. The maximum Gasteiger partial charge on any atom is 0.254 e. The molecule has 1 N–H and O–H groups in total. The SMILES string of the molecule is COc1cccc(CNC(=O)c2cnc(N(C)C)nc2C)c1. The number of rotatable bonds is 5. The second-order valence-electron chi connectivity index (χ2n) is 5.10. The molecule has 0 spiro atoms. The molecule has 6 nitrogen and oxygen atoms in total. The highest BCUT2D eigenvalue weighted by Gasteiger charge is 2.12. The lowest BCUT2D eigenvalue weighted by atomic mass is 10.2. The standard InChI is InChI=1S/C16H20N4O2/c1-11-14(10-18-16(19-11)20(2)3)15(21)17-9-12-6-5-7-13(8-12)22-4/h5-8,10H,9H2,1-4H3,(H,17,21). The lowest BCUT2D eigenvalue weighted by Crippen LogP contribution is -2.25. The van der Waals surface area contributed by atoms with E-state index in [4.69, 9.17) is 4.74 Å². The van der Waals surface area contributed by atoms with Gasteiger partial charge in [-0.1, -0.05) is 12.1 Å². The lowest BCUT2D eigenvalue weighted by molar-refractivity contribution is 0.0949. The minimum absolute atomic E-state index is 0.189. The van der Waals surface area contributed by atoms with E-state index < -0.39 is 0 Å². The number of amides is 1. The Morgan fingerprint density at radius 3 is 2.77 bits per heavy atom. The van der Waals surface area contributed by atoms with Crippen molar-refractivity contribution in [3.63, 3.8) is 0 Å². The molecule has 2 aromatic rings. The predicted molar refractivity (Wildman–Crippen MR) is 85.3 cm³/mol. The third-order valence-electron chi connectivity index (χ3n) is 3.20. The van der Waals surface area contributed by atoms with Gasteiger partial charge in [0.1, 0.15) is 5.75 Å². The summed E-state index contributed by atoms with van der Waals surface area (Å²) in [6, 6.07) is 7.57. The monoisotopic (exact) mass is 300 g/mol. The van der Waals surface area contributed by atoms with Crippen molar-refractivity contribution in [2.24, 2.45) is 0 Å². The molecule has 1 aromatic carbocycles. The van der Waals surface area contributed by atoms with E-state index in [1.54, 1.807) is 25.1 Å². The normalized spacial score (nSPS) is 10.2. The van der Waals surface area contributed by atoms with E-state index in [-0.39, 0.29) is 5.91 Å². The predicted octanol–water partition coefficient (Wildman–Crippen LogP) is 1.79. The molecule has 0 aliphatic rings. The van der Waals surface area contributed by atoms with Gasteiger partial charge in [-0.05, 0) is 24.6 Å². The highest BCUT2D eigenvalue weighted by atomic mass is 16.5.